The highest BCUT2D eigenvalue weighted by Crippen LogP contribution is 2.19. The second kappa shape index (κ2) is 8.31. The van der Waals surface area contributed by atoms with Crippen LogP contribution in [0.4, 0.5) is 0 Å². The number of carbonyl (C=O) groups is 1. The first-order valence-electron chi connectivity index (χ1n) is 9.31. The summed E-state index contributed by atoms with van der Waals surface area (Å²) >= 11 is 0. The van der Waals surface area contributed by atoms with E-state index in [2.05, 4.69) is 20.9 Å². The van der Waals surface area contributed by atoms with E-state index in [0.29, 0.717) is 12.1 Å². The summed E-state index contributed by atoms with van der Waals surface area (Å²) in [6.07, 6.45) is 2.86. The maximum Gasteiger partial charge on any atom is 0.274 e. The van der Waals surface area contributed by atoms with Crippen molar-refractivity contribution in [3.8, 4) is 11.4 Å². The van der Waals surface area contributed by atoms with Gasteiger partial charge in [0.2, 0.25) is 0 Å². The van der Waals surface area contributed by atoms with E-state index in [4.69, 9.17) is 4.74 Å². The lowest BCUT2D eigenvalue weighted by atomic mass is 10.1. The first kappa shape index (κ1) is 18.4. The van der Waals surface area contributed by atoms with Crippen LogP contribution in [0.15, 0.2) is 24.3 Å². The highest BCUT2D eigenvalue weighted by atomic mass is 16.5. The number of aromatic nitrogens is 3. The average Bonchev–Trinajstić information content (AvgIpc) is 3.07. The first-order chi connectivity index (χ1) is 12.6. The van der Waals surface area contributed by atoms with Crippen molar-refractivity contribution in [1.82, 2.24) is 25.6 Å². The third-order valence-electron chi connectivity index (χ3n) is 4.40. The fourth-order valence-electron chi connectivity index (χ4n) is 3.17. The van der Waals surface area contributed by atoms with Gasteiger partial charge in [-0.25, -0.2) is 4.68 Å². The molecule has 1 aromatic heterocycles. The van der Waals surface area contributed by atoms with Crippen molar-refractivity contribution < 1.29 is 9.53 Å². The van der Waals surface area contributed by atoms with Crippen molar-refractivity contribution in [3.63, 3.8) is 0 Å². The average molecular weight is 357 g/mol. The smallest absolute Gasteiger partial charge is 0.274 e. The SMILES string of the molecule is CCc1c(C(=O)NC2CCCNC2)nnn1-c1ccc(OC(C)C)cc1. The number of benzene rings is 1. The van der Waals surface area contributed by atoms with E-state index >= 15 is 0 Å². The van der Waals surface area contributed by atoms with Crippen LogP contribution in [0.3, 0.4) is 0 Å². The molecule has 1 saturated heterocycles. The van der Waals surface area contributed by atoms with Crippen molar-refractivity contribution in [2.24, 2.45) is 0 Å². The van der Waals surface area contributed by atoms with Gasteiger partial charge in [0.1, 0.15) is 5.75 Å². The first-order valence-corrected chi connectivity index (χ1v) is 9.31. The monoisotopic (exact) mass is 357 g/mol. The molecule has 1 aromatic carbocycles. The predicted octanol–water partition coefficient (Wildman–Crippen LogP) is 2.10. The number of hydrogen-bond donors (Lipinski definition) is 2. The highest BCUT2D eigenvalue weighted by Gasteiger charge is 2.22. The lowest BCUT2D eigenvalue weighted by molar-refractivity contribution is 0.0924. The largest absolute Gasteiger partial charge is 0.491 e. The van der Waals surface area contributed by atoms with Crippen LogP contribution in [0, 0.1) is 0 Å². The van der Waals surface area contributed by atoms with Gasteiger partial charge in [-0.3, -0.25) is 4.79 Å². The Labute approximate surface area is 154 Å². The van der Waals surface area contributed by atoms with Crippen molar-refractivity contribution >= 4 is 5.91 Å². The molecule has 2 heterocycles. The van der Waals surface area contributed by atoms with Crippen molar-refractivity contribution in [1.29, 1.82) is 0 Å². The molecule has 1 atom stereocenters. The van der Waals surface area contributed by atoms with Gasteiger partial charge < -0.3 is 15.4 Å². The third kappa shape index (κ3) is 4.22. The number of rotatable bonds is 6. The maximum absolute atomic E-state index is 12.6. The van der Waals surface area contributed by atoms with E-state index in [1.54, 1.807) is 4.68 Å². The molecule has 1 amide bonds. The Bertz CT molecular complexity index is 733. The molecule has 1 aliphatic heterocycles. The summed E-state index contributed by atoms with van der Waals surface area (Å²) < 4.78 is 7.40. The molecule has 0 aliphatic carbocycles. The van der Waals surface area contributed by atoms with Crippen LogP contribution in [0.1, 0.15) is 49.8 Å². The molecule has 140 valence electrons. The summed E-state index contributed by atoms with van der Waals surface area (Å²) in [7, 11) is 0. The summed E-state index contributed by atoms with van der Waals surface area (Å²) in [6.45, 7) is 7.81. The third-order valence-corrected chi connectivity index (χ3v) is 4.40. The Balaban J connectivity index is 1.78. The molecule has 3 rings (SSSR count). The van der Waals surface area contributed by atoms with Gasteiger partial charge in [-0.1, -0.05) is 12.1 Å². The van der Waals surface area contributed by atoms with Crippen LogP contribution in [0.2, 0.25) is 0 Å². The highest BCUT2D eigenvalue weighted by molar-refractivity contribution is 5.93. The van der Waals surface area contributed by atoms with Gasteiger partial charge in [-0.2, -0.15) is 0 Å². The summed E-state index contributed by atoms with van der Waals surface area (Å²) in [6, 6.07) is 7.82. The fraction of sp³-hybridized carbons (Fsp3) is 0.526. The second-order valence-corrected chi connectivity index (χ2v) is 6.83. The summed E-state index contributed by atoms with van der Waals surface area (Å²) in [5, 5.41) is 14.7. The standard InChI is InChI=1S/C19H27N5O2/c1-4-17-18(19(25)21-14-6-5-11-20-12-14)22-23-24(17)15-7-9-16(10-8-15)26-13(2)3/h7-10,13-14,20H,4-6,11-12H2,1-3H3,(H,21,25). The Morgan fingerprint density at radius 3 is 2.77 bits per heavy atom. The minimum atomic E-state index is -0.151. The van der Waals surface area contributed by atoms with Gasteiger partial charge in [-0.05, 0) is 63.9 Å². The fourth-order valence-corrected chi connectivity index (χ4v) is 3.17. The van der Waals surface area contributed by atoms with Crippen LogP contribution in [0.25, 0.3) is 5.69 Å². The van der Waals surface area contributed by atoms with Crippen molar-refractivity contribution in [3.05, 3.63) is 35.7 Å². The topological polar surface area (TPSA) is 81.1 Å². The van der Waals surface area contributed by atoms with Crippen molar-refractivity contribution in [2.45, 2.75) is 52.2 Å². The van der Waals surface area contributed by atoms with Gasteiger partial charge >= 0.3 is 0 Å². The lowest BCUT2D eigenvalue weighted by Crippen LogP contribution is -2.45. The zero-order valence-electron chi connectivity index (χ0n) is 15.7. The molecule has 26 heavy (non-hydrogen) atoms. The zero-order chi connectivity index (χ0) is 18.5. The second-order valence-electron chi connectivity index (χ2n) is 6.83. The Morgan fingerprint density at radius 1 is 1.38 bits per heavy atom. The van der Waals surface area contributed by atoms with Crippen LogP contribution in [0.5, 0.6) is 5.75 Å². The van der Waals surface area contributed by atoms with E-state index in [1.165, 1.54) is 0 Å². The summed E-state index contributed by atoms with van der Waals surface area (Å²) in [5.41, 5.74) is 2.08. The summed E-state index contributed by atoms with van der Waals surface area (Å²) in [5.74, 6) is 0.659. The molecule has 2 aromatic rings. The predicted molar refractivity (Wildman–Crippen MR) is 99.9 cm³/mol. The van der Waals surface area contributed by atoms with Gasteiger partial charge in [0.15, 0.2) is 5.69 Å². The molecule has 7 heteroatoms. The summed E-state index contributed by atoms with van der Waals surface area (Å²) in [4.78, 5) is 12.6. The molecular formula is C19H27N5O2. The minimum Gasteiger partial charge on any atom is -0.491 e. The molecule has 0 bridgehead atoms. The number of amides is 1. The zero-order valence-corrected chi connectivity index (χ0v) is 15.7. The Morgan fingerprint density at radius 2 is 2.15 bits per heavy atom. The molecule has 1 unspecified atom stereocenters. The van der Waals surface area contributed by atoms with E-state index < -0.39 is 0 Å². The molecule has 0 spiro atoms. The number of nitrogens with one attached hydrogen (secondary N) is 2. The Hall–Kier alpha value is -2.41. The van der Waals surface area contributed by atoms with E-state index in [-0.39, 0.29) is 18.1 Å². The van der Waals surface area contributed by atoms with Crippen LogP contribution < -0.4 is 15.4 Å². The van der Waals surface area contributed by atoms with E-state index in [1.807, 2.05) is 45.0 Å². The van der Waals surface area contributed by atoms with Gasteiger partial charge in [0, 0.05) is 12.6 Å². The van der Waals surface area contributed by atoms with E-state index in [9.17, 15) is 4.79 Å². The maximum atomic E-state index is 12.6. The number of ether oxygens (including phenoxy) is 1. The van der Waals surface area contributed by atoms with Crippen LogP contribution in [-0.4, -0.2) is 46.1 Å². The molecule has 0 saturated carbocycles. The number of piperidine rings is 1. The molecular weight excluding hydrogens is 330 g/mol. The van der Waals surface area contributed by atoms with Gasteiger partial charge in [0.05, 0.1) is 17.5 Å². The lowest BCUT2D eigenvalue weighted by Gasteiger charge is -2.23. The van der Waals surface area contributed by atoms with Crippen LogP contribution >= 0.6 is 0 Å². The van der Waals surface area contributed by atoms with Gasteiger partial charge in [-0.15, -0.1) is 5.10 Å². The number of hydrogen-bond acceptors (Lipinski definition) is 5. The van der Waals surface area contributed by atoms with Crippen LogP contribution in [-0.2, 0) is 6.42 Å². The normalized spacial score (nSPS) is 17.3. The minimum absolute atomic E-state index is 0.128. The molecule has 1 fully saturated rings. The number of carbonyl (C=O) groups excluding carboxylic acids is 1. The molecule has 2 N–H and O–H groups in total. The molecule has 7 nitrogen and oxygen atoms in total. The van der Waals surface area contributed by atoms with Crippen molar-refractivity contribution in [2.75, 3.05) is 13.1 Å². The Kier molecular flexibility index (Phi) is 5.88. The number of nitrogens with zero attached hydrogens (tertiary/aromatic N) is 3. The quantitative estimate of drug-likeness (QED) is 0.827. The van der Waals surface area contributed by atoms with E-state index in [0.717, 1.165) is 43.1 Å². The molecule has 0 radical (unpaired) electrons. The molecule has 1 aliphatic rings. The van der Waals surface area contributed by atoms with Gasteiger partial charge in [0.25, 0.3) is 5.91 Å².